The van der Waals surface area contributed by atoms with Gasteiger partial charge in [0.05, 0.1) is 6.61 Å². The van der Waals surface area contributed by atoms with Crippen molar-refractivity contribution in [3.63, 3.8) is 0 Å². The van der Waals surface area contributed by atoms with Crippen LogP contribution in [0.15, 0.2) is 30.3 Å². The Kier molecular flexibility index (Phi) is 5.60. The van der Waals surface area contributed by atoms with E-state index in [-0.39, 0.29) is 17.9 Å². The van der Waals surface area contributed by atoms with Crippen LogP contribution in [-0.4, -0.2) is 24.2 Å². The normalized spacial score (nSPS) is 17.1. The zero-order chi connectivity index (χ0) is 14.3. The fourth-order valence-electron chi connectivity index (χ4n) is 2.99. The highest BCUT2D eigenvalue weighted by Gasteiger charge is 2.33. The van der Waals surface area contributed by atoms with E-state index in [0.29, 0.717) is 13.0 Å². The first kappa shape index (κ1) is 15.0. The van der Waals surface area contributed by atoms with Crippen molar-refractivity contribution in [1.82, 2.24) is 5.32 Å². The summed E-state index contributed by atoms with van der Waals surface area (Å²) < 4.78 is 0. The molecule has 0 radical (unpaired) electrons. The molecule has 1 aliphatic carbocycles. The molecule has 1 aromatic carbocycles. The van der Waals surface area contributed by atoms with E-state index in [9.17, 15) is 9.90 Å². The van der Waals surface area contributed by atoms with Crippen molar-refractivity contribution in [3.05, 3.63) is 35.9 Å². The molecule has 0 aromatic heterocycles. The van der Waals surface area contributed by atoms with Crippen molar-refractivity contribution in [2.45, 2.75) is 44.9 Å². The topological polar surface area (TPSA) is 49.3 Å². The van der Waals surface area contributed by atoms with Gasteiger partial charge in [-0.2, -0.15) is 0 Å². The summed E-state index contributed by atoms with van der Waals surface area (Å²) in [5, 5.41) is 12.5. The van der Waals surface area contributed by atoms with Crippen LogP contribution in [0.4, 0.5) is 0 Å². The zero-order valence-corrected chi connectivity index (χ0v) is 12.1. The molecule has 0 bridgehead atoms. The number of nitrogens with one attached hydrogen (secondary N) is 1. The first-order valence-corrected chi connectivity index (χ1v) is 7.66. The molecule has 3 nitrogen and oxygen atoms in total. The van der Waals surface area contributed by atoms with Gasteiger partial charge in [0.1, 0.15) is 0 Å². The highest BCUT2D eigenvalue weighted by molar-refractivity contribution is 5.75. The summed E-state index contributed by atoms with van der Waals surface area (Å²) in [6.45, 7) is 0.824. The Labute approximate surface area is 121 Å². The van der Waals surface area contributed by atoms with Crippen LogP contribution < -0.4 is 5.32 Å². The third kappa shape index (κ3) is 4.34. The summed E-state index contributed by atoms with van der Waals surface area (Å²) in [5.41, 5.74) is 1.23. The van der Waals surface area contributed by atoms with Crippen LogP contribution >= 0.6 is 0 Å². The summed E-state index contributed by atoms with van der Waals surface area (Å²) in [6.07, 6.45) is 6.80. The molecule has 1 amide bonds. The Morgan fingerprint density at radius 2 is 1.90 bits per heavy atom. The molecule has 2 rings (SSSR count). The Hall–Kier alpha value is -1.35. The minimum absolute atomic E-state index is 0.0465. The van der Waals surface area contributed by atoms with Crippen LogP contribution in [0, 0.1) is 5.41 Å². The number of benzene rings is 1. The second kappa shape index (κ2) is 7.44. The lowest BCUT2D eigenvalue weighted by Gasteiger charge is -2.26. The number of aliphatic hydroxyl groups excluding tert-OH is 1. The number of hydrogen-bond acceptors (Lipinski definition) is 2. The molecule has 0 saturated heterocycles. The molecule has 0 aliphatic heterocycles. The average Bonchev–Trinajstić information content (AvgIpc) is 2.96. The Bertz CT molecular complexity index is 410. The van der Waals surface area contributed by atoms with Crippen LogP contribution in [0.1, 0.15) is 44.1 Å². The predicted octanol–water partition coefficient (Wildman–Crippen LogP) is 2.68. The largest absolute Gasteiger partial charge is 0.396 e. The van der Waals surface area contributed by atoms with E-state index in [4.69, 9.17) is 0 Å². The van der Waals surface area contributed by atoms with Gasteiger partial charge in [-0.15, -0.1) is 0 Å². The van der Waals surface area contributed by atoms with Gasteiger partial charge in [0, 0.05) is 18.4 Å². The van der Waals surface area contributed by atoms with Crippen LogP contribution in [0.3, 0.4) is 0 Å². The monoisotopic (exact) mass is 275 g/mol. The standard InChI is InChI=1S/C17H25NO2/c19-14-17(11-4-5-12-17)13-18-16(20)10-6-9-15-7-2-1-3-8-15/h1-3,7-8,19H,4-6,9-14H2,(H,18,20). The summed E-state index contributed by atoms with van der Waals surface area (Å²) in [4.78, 5) is 11.9. The molecule has 1 aliphatic rings. The number of hydrogen-bond donors (Lipinski definition) is 2. The number of carbonyl (C=O) groups is 1. The van der Waals surface area contributed by atoms with Crippen molar-refractivity contribution < 1.29 is 9.90 Å². The fraction of sp³-hybridized carbons (Fsp3) is 0.588. The Morgan fingerprint density at radius 3 is 2.55 bits per heavy atom. The van der Waals surface area contributed by atoms with Crippen LogP contribution in [0.5, 0.6) is 0 Å². The Morgan fingerprint density at radius 1 is 1.20 bits per heavy atom. The van der Waals surface area contributed by atoms with Gasteiger partial charge in [0.2, 0.25) is 5.91 Å². The third-order valence-electron chi connectivity index (χ3n) is 4.37. The van der Waals surface area contributed by atoms with Crippen LogP contribution in [-0.2, 0) is 11.2 Å². The van der Waals surface area contributed by atoms with Gasteiger partial charge in [-0.3, -0.25) is 4.79 Å². The molecule has 110 valence electrons. The molecular weight excluding hydrogens is 250 g/mol. The van der Waals surface area contributed by atoms with Crippen molar-refractivity contribution in [2.75, 3.05) is 13.2 Å². The molecule has 1 aromatic rings. The lowest BCUT2D eigenvalue weighted by molar-refractivity contribution is -0.121. The second-order valence-corrected chi connectivity index (χ2v) is 5.98. The van der Waals surface area contributed by atoms with Crippen molar-refractivity contribution >= 4 is 5.91 Å². The van der Waals surface area contributed by atoms with Gasteiger partial charge >= 0.3 is 0 Å². The molecule has 0 spiro atoms. The minimum Gasteiger partial charge on any atom is -0.396 e. The molecule has 0 atom stereocenters. The summed E-state index contributed by atoms with van der Waals surface area (Å²) in [5.74, 6) is 0.112. The smallest absolute Gasteiger partial charge is 0.220 e. The molecule has 20 heavy (non-hydrogen) atoms. The number of aliphatic hydroxyl groups is 1. The molecule has 0 unspecified atom stereocenters. The number of aryl methyl sites for hydroxylation is 1. The summed E-state index contributed by atoms with van der Waals surface area (Å²) in [7, 11) is 0. The van der Waals surface area contributed by atoms with E-state index in [1.54, 1.807) is 0 Å². The van der Waals surface area contributed by atoms with Gasteiger partial charge in [0.15, 0.2) is 0 Å². The maximum absolute atomic E-state index is 11.9. The van der Waals surface area contributed by atoms with Crippen molar-refractivity contribution in [3.8, 4) is 0 Å². The van der Waals surface area contributed by atoms with E-state index in [1.165, 1.54) is 18.4 Å². The predicted molar refractivity (Wildman–Crippen MR) is 80.4 cm³/mol. The second-order valence-electron chi connectivity index (χ2n) is 5.98. The van der Waals surface area contributed by atoms with E-state index in [1.807, 2.05) is 18.2 Å². The van der Waals surface area contributed by atoms with Gasteiger partial charge in [0.25, 0.3) is 0 Å². The van der Waals surface area contributed by atoms with E-state index < -0.39 is 0 Å². The summed E-state index contributed by atoms with van der Waals surface area (Å²) in [6, 6.07) is 10.3. The molecule has 1 fully saturated rings. The maximum atomic E-state index is 11.9. The number of carbonyl (C=O) groups excluding carboxylic acids is 1. The van der Waals surface area contributed by atoms with Gasteiger partial charge in [-0.1, -0.05) is 43.2 Å². The van der Waals surface area contributed by atoms with E-state index >= 15 is 0 Å². The average molecular weight is 275 g/mol. The SMILES string of the molecule is O=C(CCCc1ccccc1)NCC1(CO)CCCC1. The molecule has 3 heteroatoms. The Balaban J connectivity index is 1.65. The maximum Gasteiger partial charge on any atom is 0.220 e. The highest BCUT2D eigenvalue weighted by atomic mass is 16.3. The van der Waals surface area contributed by atoms with Gasteiger partial charge in [-0.25, -0.2) is 0 Å². The number of amides is 1. The first-order chi connectivity index (χ1) is 9.74. The lowest BCUT2D eigenvalue weighted by Crippen LogP contribution is -2.38. The van der Waals surface area contributed by atoms with Crippen molar-refractivity contribution in [1.29, 1.82) is 0 Å². The zero-order valence-electron chi connectivity index (χ0n) is 12.1. The molecule has 2 N–H and O–H groups in total. The van der Waals surface area contributed by atoms with Crippen molar-refractivity contribution in [2.24, 2.45) is 5.41 Å². The lowest BCUT2D eigenvalue weighted by atomic mass is 9.87. The van der Waals surface area contributed by atoms with E-state index in [2.05, 4.69) is 17.4 Å². The summed E-state index contributed by atoms with van der Waals surface area (Å²) >= 11 is 0. The first-order valence-electron chi connectivity index (χ1n) is 7.66. The van der Waals surface area contributed by atoms with Crippen LogP contribution in [0.2, 0.25) is 0 Å². The minimum atomic E-state index is -0.0465. The molecular formula is C17H25NO2. The van der Waals surface area contributed by atoms with Crippen LogP contribution in [0.25, 0.3) is 0 Å². The fourth-order valence-corrected chi connectivity index (χ4v) is 2.99. The molecule has 1 saturated carbocycles. The van der Waals surface area contributed by atoms with E-state index in [0.717, 1.165) is 25.7 Å². The quantitative estimate of drug-likeness (QED) is 0.804. The van der Waals surface area contributed by atoms with Gasteiger partial charge in [-0.05, 0) is 31.2 Å². The number of rotatable bonds is 7. The molecule has 0 heterocycles. The third-order valence-corrected chi connectivity index (χ3v) is 4.37. The van der Waals surface area contributed by atoms with Gasteiger partial charge < -0.3 is 10.4 Å². The highest BCUT2D eigenvalue weighted by Crippen LogP contribution is 2.36.